The number of hydrogen-bond acceptors (Lipinski definition) is 4. The van der Waals surface area contributed by atoms with Gasteiger partial charge in [0.1, 0.15) is 0 Å². The zero-order chi connectivity index (χ0) is 18.6. The second-order valence-corrected chi connectivity index (χ2v) is 9.44. The second kappa shape index (κ2) is 6.06. The SMILES string of the molecule is Cn1c(=O)c2cc(S(=O)(=O)NC[C@H]3C[C@H]4CC[C@@H]3C4)ccc2n(C)c1=O. The summed E-state index contributed by atoms with van der Waals surface area (Å²) in [7, 11) is -0.745. The minimum atomic E-state index is -3.69. The molecule has 2 aromatic rings. The van der Waals surface area contributed by atoms with Gasteiger partial charge in [0, 0.05) is 20.6 Å². The van der Waals surface area contributed by atoms with E-state index in [4.69, 9.17) is 0 Å². The summed E-state index contributed by atoms with van der Waals surface area (Å²) in [6, 6.07) is 4.33. The Balaban J connectivity index is 1.65. The van der Waals surface area contributed by atoms with E-state index in [0.29, 0.717) is 23.9 Å². The fraction of sp³-hybridized carbons (Fsp3) is 0.556. The lowest BCUT2D eigenvalue weighted by molar-refractivity contribution is 0.333. The summed E-state index contributed by atoms with van der Waals surface area (Å²) >= 11 is 0. The quantitative estimate of drug-likeness (QED) is 0.859. The van der Waals surface area contributed by atoms with Crippen LogP contribution in [0.5, 0.6) is 0 Å². The maximum atomic E-state index is 12.7. The molecule has 140 valence electrons. The standard InChI is InChI=1S/C18H23N3O4S/c1-20-16-6-5-14(9-15(16)17(22)21(2)18(20)23)26(24,25)19-10-13-8-11-3-4-12(13)7-11/h5-6,9,11-13,19H,3-4,7-8,10H2,1-2H3/t11-,12+,13+/m0/s1. The van der Waals surface area contributed by atoms with Crippen LogP contribution in [0.1, 0.15) is 25.7 Å². The van der Waals surface area contributed by atoms with E-state index >= 15 is 0 Å². The van der Waals surface area contributed by atoms with Crippen molar-refractivity contribution < 1.29 is 8.42 Å². The topological polar surface area (TPSA) is 90.2 Å². The van der Waals surface area contributed by atoms with Crippen molar-refractivity contribution in [3.8, 4) is 0 Å². The van der Waals surface area contributed by atoms with Crippen LogP contribution in [0.15, 0.2) is 32.7 Å². The maximum Gasteiger partial charge on any atom is 0.330 e. The Morgan fingerprint density at radius 1 is 1.12 bits per heavy atom. The molecule has 1 aromatic carbocycles. The number of nitrogens with zero attached hydrogens (tertiary/aromatic N) is 2. The number of rotatable bonds is 4. The van der Waals surface area contributed by atoms with E-state index in [0.717, 1.165) is 16.9 Å². The number of fused-ring (bicyclic) bond motifs is 3. The molecule has 2 bridgehead atoms. The van der Waals surface area contributed by atoms with Gasteiger partial charge in [0.15, 0.2) is 0 Å². The molecule has 2 aliphatic carbocycles. The Bertz CT molecular complexity index is 1100. The van der Waals surface area contributed by atoms with Gasteiger partial charge in [-0.25, -0.2) is 17.9 Å². The summed E-state index contributed by atoms with van der Waals surface area (Å²) in [6.07, 6.45) is 4.82. The van der Waals surface area contributed by atoms with Gasteiger partial charge in [-0.2, -0.15) is 0 Å². The van der Waals surface area contributed by atoms with Crippen LogP contribution >= 0.6 is 0 Å². The van der Waals surface area contributed by atoms with E-state index in [1.807, 2.05) is 0 Å². The molecule has 0 aliphatic heterocycles. The molecule has 2 saturated carbocycles. The van der Waals surface area contributed by atoms with Crippen LogP contribution < -0.4 is 16.0 Å². The highest BCUT2D eigenvalue weighted by atomic mass is 32.2. The van der Waals surface area contributed by atoms with Crippen molar-refractivity contribution in [3.63, 3.8) is 0 Å². The predicted octanol–water partition coefficient (Wildman–Crippen LogP) is 0.952. The van der Waals surface area contributed by atoms with Crippen LogP contribution in [0, 0.1) is 17.8 Å². The number of benzene rings is 1. The van der Waals surface area contributed by atoms with Crippen LogP contribution in [-0.2, 0) is 24.1 Å². The summed E-state index contributed by atoms with van der Waals surface area (Å²) in [6.45, 7) is 0.451. The highest BCUT2D eigenvalue weighted by Crippen LogP contribution is 2.48. The van der Waals surface area contributed by atoms with Gasteiger partial charge < -0.3 is 0 Å². The van der Waals surface area contributed by atoms with Gasteiger partial charge in [0.2, 0.25) is 10.0 Å². The second-order valence-electron chi connectivity index (χ2n) is 7.67. The number of nitrogens with one attached hydrogen (secondary N) is 1. The number of aromatic nitrogens is 2. The van der Waals surface area contributed by atoms with Gasteiger partial charge in [-0.3, -0.25) is 13.9 Å². The van der Waals surface area contributed by atoms with Crippen molar-refractivity contribution in [1.82, 2.24) is 13.9 Å². The Labute approximate surface area is 151 Å². The summed E-state index contributed by atoms with van der Waals surface area (Å²) in [4.78, 5) is 24.4. The van der Waals surface area contributed by atoms with E-state index in [-0.39, 0.29) is 10.3 Å². The lowest BCUT2D eigenvalue weighted by atomic mass is 9.89. The molecule has 0 saturated heterocycles. The summed E-state index contributed by atoms with van der Waals surface area (Å²) in [5.74, 6) is 1.82. The Hall–Kier alpha value is -1.93. The van der Waals surface area contributed by atoms with Gasteiger partial charge in [0.25, 0.3) is 5.56 Å². The largest absolute Gasteiger partial charge is 0.330 e. The van der Waals surface area contributed by atoms with Crippen LogP contribution in [0.2, 0.25) is 0 Å². The third kappa shape index (κ3) is 2.72. The first-order valence-corrected chi connectivity index (χ1v) is 10.5. The number of sulfonamides is 1. The summed E-state index contributed by atoms with van der Waals surface area (Å²) in [5.41, 5.74) is -0.508. The van der Waals surface area contributed by atoms with Crippen molar-refractivity contribution in [2.24, 2.45) is 31.8 Å². The van der Waals surface area contributed by atoms with E-state index < -0.39 is 21.3 Å². The molecule has 0 unspecified atom stereocenters. The van der Waals surface area contributed by atoms with Gasteiger partial charge in [-0.15, -0.1) is 0 Å². The fourth-order valence-corrected chi connectivity index (χ4v) is 5.79. The summed E-state index contributed by atoms with van der Waals surface area (Å²) < 4.78 is 30.4. The molecule has 3 atom stereocenters. The van der Waals surface area contributed by atoms with Crippen LogP contribution in [0.4, 0.5) is 0 Å². The fourth-order valence-electron chi connectivity index (χ4n) is 4.67. The number of aryl methyl sites for hydroxylation is 1. The maximum absolute atomic E-state index is 12.7. The molecule has 2 aliphatic rings. The average Bonchev–Trinajstić information content (AvgIpc) is 3.25. The van der Waals surface area contributed by atoms with Crippen molar-refractivity contribution in [2.75, 3.05) is 6.54 Å². The van der Waals surface area contributed by atoms with E-state index in [1.165, 1.54) is 49.1 Å². The zero-order valence-corrected chi connectivity index (χ0v) is 15.8. The third-order valence-corrected chi connectivity index (χ3v) is 7.59. The van der Waals surface area contributed by atoms with Gasteiger partial charge in [-0.1, -0.05) is 6.42 Å². The minimum Gasteiger partial charge on any atom is -0.296 e. The first-order chi connectivity index (χ1) is 12.3. The summed E-state index contributed by atoms with van der Waals surface area (Å²) in [5, 5.41) is 0.220. The van der Waals surface area contributed by atoms with Crippen LogP contribution in [0.3, 0.4) is 0 Å². The number of hydrogen-bond donors (Lipinski definition) is 1. The first-order valence-electron chi connectivity index (χ1n) is 8.97. The Morgan fingerprint density at radius 2 is 1.88 bits per heavy atom. The molecule has 1 N–H and O–H groups in total. The lowest BCUT2D eigenvalue weighted by Crippen LogP contribution is -2.37. The van der Waals surface area contributed by atoms with Crippen molar-refractivity contribution in [1.29, 1.82) is 0 Å². The zero-order valence-electron chi connectivity index (χ0n) is 14.9. The molecule has 0 amide bonds. The van der Waals surface area contributed by atoms with Crippen molar-refractivity contribution >= 4 is 20.9 Å². The molecule has 0 radical (unpaired) electrons. The highest BCUT2D eigenvalue weighted by molar-refractivity contribution is 7.89. The molecule has 7 nitrogen and oxygen atoms in total. The lowest BCUT2D eigenvalue weighted by Gasteiger charge is -2.21. The Kier molecular flexibility index (Phi) is 4.07. The first kappa shape index (κ1) is 17.5. The van der Waals surface area contributed by atoms with Gasteiger partial charge in [-0.05, 0) is 55.2 Å². The molecule has 4 rings (SSSR count). The molecule has 2 fully saturated rings. The van der Waals surface area contributed by atoms with Gasteiger partial charge in [0.05, 0.1) is 15.8 Å². The van der Waals surface area contributed by atoms with E-state index in [9.17, 15) is 18.0 Å². The van der Waals surface area contributed by atoms with Crippen molar-refractivity contribution in [3.05, 3.63) is 39.0 Å². The molecule has 1 aromatic heterocycles. The highest BCUT2D eigenvalue weighted by Gasteiger charge is 2.39. The van der Waals surface area contributed by atoms with Crippen LogP contribution in [0.25, 0.3) is 10.9 Å². The average molecular weight is 377 g/mol. The van der Waals surface area contributed by atoms with E-state index in [2.05, 4.69) is 4.72 Å². The minimum absolute atomic E-state index is 0.0592. The molecular weight excluding hydrogens is 354 g/mol. The van der Waals surface area contributed by atoms with Crippen LogP contribution in [-0.4, -0.2) is 24.1 Å². The molecular formula is C18H23N3O4S. The third-order valence-electron chi connectivity index (χ3n) is 6.17. The molecule has 26 heavy (non-hydrogen) atoms. The smallest absolute Gasteiger partial charge is 0.296 e. The predicted molar refractivity (Wildman–Crippen MR) is 98.6 cm³/mol. The van der Waals surface area contributed by atoms with Gasteiger partial charge >= 0.3 is 5.69 Å². The molecule has 0 spiro atoms. The van der Waals surface area contributed by atoms with E-state index in [1.54, 1.807) is 7.05 Å². The normalized spacial score (nSPS) is 25.2. The Morgan fingerprint density at radius 3 is 2.54 bits per heavy atom. The molecule has 1 heterocycles. The van der Waals surface area contributed by atoms with Crippen molar-refractivity contribution in [2.45, 2.75) is 30.6 Å². The monoisotopic (exact) mass is 377 g/mol. The molecule has 8 heteroatoms.